The maximum Gasteiger partial charge on any atom is 0.0823 e. The van der Waals surface area contributed by atoms with Crippen molar-refractivity contribution in [2.75, 3.05) is 18.1 Å². The molecule has 88 valence electrons. The molecule has 2 rings (SSSR count). The zero-order valence-electron chi connectivity index (χ0n) is 9.54. The summed E-state index contributed by atoms with van der Waals surface area (Å²) >= 11 is 1.83. The van der Waals surface area contributed by atoms with E-state index in [2.05, 4.69) is 6.92 Å². The lowest BCUT2D eigenvalue weighted by Crippen LogP contribution is -2.53. The third-order valence-electron chi connectivity index (χ3n) is 4.38. The highest BCUT2D eigenvalue weighted by molar-refractivity contribution is 7.99. The van der Waals surface area contributed by atoms with Crippen molar-refractivity contribution in [1.29, 1.82) is 0 Å². The van der Waals surface area contributed by atoms with Crippen molar-refractivity contribution in [2.45, 2.75) is 44.6 Å². The summed E-state index contributed by atoms with van der Waals surface area (Å²) < 4.78 is 0. The maximum atomic E-state index is 10.7. The number of aliphatic hydroxyl groups is 2. The molecule has 3 heteroatoms. The summed E-state index contributed by atoms with van der Waals surface area (Å²) in [6.07, 6.45) is 5.29. The Morgan fingerprint density at radius 2 is 2.20 bits per heavy atom. The molecule has 1 heterocycles. The first-order valence-electron chi connectivity index (χ1n) is 6.03. The van der Waals surface area contributed by atoms with Gasteiger partial charge in [0.25, 0.3) is 0 Å². The van der Waals surface area contributed by atoms with Gasteiger partial charge in [0.15, 0.2) is 0 Å². The predicted octanol–water partition coefficient (Wildman–Crippen LogP) is 2.04. The lowest BCUT2D eigenvalue weighted by Gasteiger charge is -2.48. The molecule has 1 aliphatic carbocycles. The molecule has 0 radical (unpaired) electrons. The Hall–Kier alpha value is 0.270. The van der Waals surface area contributed by atoms with Gasteiger partial charge in [-0.25, -0.2) is 0 Å². The third-order valence-corrected chi connectivity index (χ3v) is 5.56. The summed E-state index contributed by atoms with van der Waals surface area (Å²) in [5.41, 5.74) is -0.796. The van der Waals surface area contributed by atoms with Crippen molar-refractivity contribution in [3.63, 3.8) is 0 Å². The Kier molecular flexibility index (Phi) is 3.34. The fourth-order valence-corrected chi connectivity index (χ4v) is 4.76. The second-order valence-corrected chi connectivity index (χ2v) is 6.58. The minimum Gasteiger partial charge on any atom is -0.396 e. The van der Waals surface area contributed by atoms with Crippen molar-refractivity contribution in [1.82, 2.24) is 0 Å². The van der Waals surface area contributed by atoms with Gasteiger partial charge in [-0.3, -0.25) is 0 Å². The number of thioether (sulfide) groups is 1. The zero-order valence-corrected chi connectivity index (χ0v) is 10.4. The van der Waals surface area contributed by atoms with Gasteiger partial charge in [0.05, 0.1) is 12.2 Å². The lowest BCUT2D eigenvalue weighted by molar-refractivity contribution is -0.118. The second-order valence-electron chi connectivity index (χ2n) is 5.47. The van der Waals surface area contributed by atoms with Crippen LogP contribution in [0.15, 0.2) is 0 Å². The summed E-state index contributed by atoms with van der Waals surface area (Å²) in [5.74, 6) is 2.52. The molecule has 1 aliphatic heterocycles. The van der Waals surface area contributed by atoms with Crippen LogP contribution in [0.25, 0.3) is 0 Å². The molecule has 2 nitrogen and oxygen atoms in total. The average molecular weight is 230 g/mol. The molecule has 0 aromatic carbocycles. The van der Waals surface area contributed by atoms with Gasteiger partial charge in [-0.1, -0.05) is 19.8 Å². The van der Waals surface area contributed by atoms with Crippen LogP contribution in [0.2, 0.25) is 0 Å². The van der Waals surface area contributed by atoms with Crippen LogP contribution < -0.4 is 0 Å². The highest BCUT2D eigenvalue weighted by Gasteiger charge is 2.52. The fraction of sp³-hybridized carbons (Fsp3) is 1.00. The van der Waals surface area contributed by atoms with E-state index in [-0.39, 0.29) is 12.0 Å². The van der Waals surface area contributed by atoms with E-state index in [1.54, 1.807) is 0 Å². The van der Waals surface area contributed by atoms with Gasteiger partial charge < -0.3 is 10.2 Å². The van der Waals surface area contributed by atoms with Crippen LogP contribution in [0, 0.1) is 11.3 Å². The van der Waals surface area contributed by atoms with Crippen molar-refractivity contribution < 1.29 is 10.2 Å². The Morgan fingerprint density at radius 3 is 2.73 bits per heavy atom. The van der Waals surface area contributed by atoms with Crippen molar-refractivity contribution in [2.24, 2.45) is 11.3 Å². The topological polar surface area (TPSA) is 40.5 Å². The van der Waals surface area contributed by atoms with Crippen molar-refractivity contribution >= 4 is 11.8 Å². The molecule has 3 unspecified atom stereocenters. The quantitative estimate of drug-likeness (QED) is 0.762. The first kappa shape index (κ1) is 11.7. The van der Waals surface area contributed by atoms with Crippen LogP contribution in [0.1, 0.15) is 39.0 Å². The molecular weight excluding hydrogens is 208 g/mol. The predicted molar refractivity (Wildman–Crippen MR) is 64.0 cm³/mol. The van der Waals surface area contributed by atoms with E-state index < -0.39 is 5.60 Å². The average Bonchev–Trinajstić information content (AvgIpc) is 2.66. The van der Waals surface area contributed by atoms with Crippen LogP contribution in [-0.4, -0.2) is 33.9 Å². The summed E-state index contributed by atoms with van der Waals surface area (Å²) in [6.45, 7) is 2.41. The minimum atomic E-state index is -0.596. The SMILES string of the molecule is CC1CCCC(CO)(C2(O)CCSC2)C1. The summed E-state index contributed by atoms with van der Waals surface area (Å²) in [4.78, 5) is 0. The molecule has 0 bridgehead atoms. The van der Waals surface area contributed by atoms with Gasteiger partial charge in [0.2, 0.25) is 0 Å². The fourth-order valence-electron chi connectivity index (χ4n) is 3.35. The number of hydrogen-bond donors (Lipinski definition) is 2. The Labute approximate surface area is 96.5 Å². The molecule has 1 saturated carbocycles. The molecular formula is C12H22O2S. The van der Waals surface area contributed by atoms with E-state index in [9.17, 15) is 10.2 Å². The summed E-state index contributed by atoms with van der Waals surface area (Å²) in [7, 11) is 0. The Bertz CT molecular complexity index is 226. The first-order valence-corrected chi connectivity index (χ1v) is 7.18. The van der Waals surface area contributed by atoms with Crippen LogP contribution in [0.4, 0.5) is 0 Å². The van der Waals surface area contributed by atoms with Crippen LogP contribution in [0.3, 0.4) is 0 Å². The van der Waals surface area contributed by atoms with Gasteiger partial charge in [0.1, 0.15) is 0 Å². The number of rotatable bonds is 2. The Morgan fingerprint density at radius 1 is 1.40 bits per heavy atom. The smallest absolute Gasteiger partial charge is 0.0823 e. The van der Waals surface area contributed by atoms with E-state index in [0.29, 0.717) is 5.92 Å². The molecule has 0 aromatic heterocycles. The van der Waals surface area contributed by atoms with Gasteiger partial charge in [-0.2, -0.15) is 11.8 Å². The molecule has 0 aromatic rings. The summed E-state index contributed by atoms with van der Waals surface area (Å²) in [6, 6.07) is 0. The molecule has 0 spiro atoms. The number of aliphatic hydroxyl groups excluding tert-OH is 1. The third kappa shape index (κ3) is 1.94. The highest BCUT2D eigenvalue weighted by atomic mass is 32.2. The molecule has 1 saturated heterocycles. The zero-order chi connectivity index (χ0) is 10.9. The molecule has 2 aliphatic rings. The van der Waals surface area contributed by atoms with Crippen LogP contribution >= 0.6 is 11.8 Å². The molecule has 15 heavy (non-hydrogen) atoms. The van der Waals surface area contributed by atoms with Gasteiger partial charge >= 0.3 is 0 Å². The first-order chi connectivity index (χ1) is 7.12. The number of hydrogen-bond acceptors (Lipinski definition) is 3. The minimum absolute atomic E-state index is 0.161. The molecule has 3 atom stereocenters. The summed E-state index contributed by atoms with van der Waals surface area (Å²) in [5, 5.41) is 20.4. The Balaban J connectivity index is 2.19. The largest absolute Gasteiger partial charge is 0.396 e. The maximum absolute atomic E-state index is 10.7. The normalized spacial score (nSPS) is 47.0. The van der Waals surface area contributed by atoms with Crippen LogP contribution in [-0.2, 0) is 0 Å². The van der Waals surface area contributed by atoms with E-state index in [4.69, 9.17) is 0 Å². The van der Waals surface area contributed by atoms with E-state index in [1.807, 2.05) is 11.8 Å². The van der Waals surface area contributed by atoms with Gasteiger partial charge in [-0.05, 0) is 30.9 Å². The second kappa shape index (κ2) is 4.27. The van der Waals surface area contributed by atoms with Crippen molar-refractivity contribution in [3.8, 4) is 0 Å². The van der Waals surface area contributed by atoms with Crippen molar-refractivity contribution in [3.05, 3.63) is 0 Å². The highest BCUT2D eigenvalue weighted by Crippen LogP contribution is 2.51. The lowest BCUT2D eigenvalue weighted by atomic mass is 9.61. The van der Waals surface area contributed by atoms with Crippen LogP contribution in [0.5, 0.6) is 0 Å². The standard InChI is InChI=1S/C12H22O2S/c1-10-3-2-4-11(7-10,8-13)12(14)5-6-15-9-12/h10,13-14H,2-9H2,1H3. The monoisotopic (exact) mass is 230 g/mol. The molecule has 2 N–H and O–H groups in total. The molecule has 0 amide bonds. The molecule has 2 fully saturated rings. The van der Waals surface area contributed by atoms with E-state index >= 15 is 0 Å². The van der Waals surface area contributed by atoms with Gasteiger partial charge in [-0.15, -0.1) is 0 Å². The van der Waals surface area contributed by atoms with Gasteiger partial charge in [0, 0.05) is 11.2 Å². The van der Waals surface area contributed by atoms with E-state index in [0.717, 1.165) is 37.2 Å². The van der Waals surface area contributed by atoms with E-state index in [1.165, 1.54) is 6.42 Å².